The lowest BCUT2D eigenvalue weighted by atomic mass is 10.2. The molecular weight excluding hydrogens is 315 g/mol. The van der Waals surface area contributed by atoms with Gasteiger partial charge in [0.25, 0.3) is 5.91 Å². The number of rotatable bonds is 3. The van der Waals surface area contributed by atoms with Gasteiger partial charge in [0.1, 0.15) is 17.3 Å². The zero-order valence-electron chi connectivity index (χ0n) is 9.65. The van der Waals surface area contributed by atoms with Crippen molar-refractivity contribution >= 4 is 33.3 Å². The van der Waals surface area contributed by atoms with Gasteiger partial charge in [0.15, 0.2) is 0 Å². The predicted octanol–water partition coefficient (Wildman–Crippen LogP) is 2.52. The number of amides is 1. The van der Waals surface area contributed by atoms with Crippen LogP contribution < -0.4 is 16.6 Å². The maximum atomic E-state index is 13.6. The highest BCUT2D eigenvalue weighted by Gasteiger charge is 2.11. The van der Waals surface area contributed by atoms with E-state index in [1.165, 1.54) is 18.2 Å². The molecule has 0 aliphatic rings. The number of pyridine rings is 1. The minimum Gasteiger partial charge on any atom is -0.318 e. The third kappa shape index (κ3) is 3.27. The number of hydrogen-bond acceptors (Lipinski definition) is 4. The molecule has 5 nitrogen and oxygen atoms in total. The minimum absolute atomic E-state index is 0.0844. The van der Waals surface area contributed by atoms with Gasteiger partial charge in [0, 0.05) is 4.47 Å². The van der Waals surface area contributed by atoms with E-state index in [0.29, 0.717) is 10.3 Å². The summed E-state index contributed by atoms with van der Waals surface area (Å²) in [5.74, 6) is 4.51. The Morgan fingerprint density at radius 1 is 1.32 bits per heavy atom. The molecule has 0 unspecified atom stereocenters. The molecule has 0 saturated carbocycles. The molecule has 0 aliphatic heterocycles. The van der Waals surface area contributed by atoms with Crippen LogP contribution in [0.3, 0.4) is 0 Å². The van der Waals surface area contributed by atoms with E-state index in [1.807, 2.05) is 0 Å². The van der Waals surface area contributed by atoms with Crippen LogP contribution in [0.5, 0.6) is 0 Å². The SMILES string of the molecule is NNc1cccc(C(=O)Nc2ccc(Br)cc2F)n1. The molecule has 0 atom stereocenters. The van der Waals surface area contributed by atoms with Crippen LogP contribution in [0.1, 0.15) is 10.5 Å². The Morgan fingerprint density at radius 2 is 2.11 bits per heavy atom. The van der Waals surface area contributed by atoms with Gasteiger partial charge < -0.3 is 10.7 Å². The molecule has 1 heterocycles. The first-order valence-electron chi connectivity index (χ1n) is 5.30. The van der Waals surface area contributed by atoms with Gasteiger partial charge in [0.05, 0.1) is 5.69 Å². The molecule has 7 heteroatoms. The van der Waals surface area contributed by atoms with Gasteiger partial charge in [-0.15, -0.1) is 0 Å². The third-order valence-electron chi connectivity index (χ3n) is 2.31. The molecule has 0 aliphatic carbocycles. The van der Waals surface area contributed by atoms with E-state index >= 15 is 0 Å². The van der Waals surface area contributed by atoms with Gasteiger partial charge in [0.2, 0.25) is 0 Å². The van der Waals surface area contributed by atoms with Crippen LogP contribution >= 0.6 is 15.9 Å². The first kappa shape index (κ1) is 13.4. The third-order valence-corrected chi connectivity index (χ3v) is 2.80. The highest BCUT2D eigenvalue weighted by molar-refractivity contribution is 9.10. The quantitative estimate of drug-likeness (QED) is 0.598. The Balaban J connectivity index is 2.20. The molecule has 0 bridgehead atoms. The maximum Gasteiger partial charge on any atom is 0.274 e. The van der Waals surface area contributed by atoms with Crippen molar-refractivity contribution in [2.24, 2.45) is 5.84 Å². The number of hydrogen-bond donors (Lipinski definition) is 3. The van der Waals surface area contributed by atoms with E-state index in [4.69, 9.17) is 5.84 Å². The van der Waals surface area contributed by atoms with Gasteiger partial charge in [-0.3, -0.25) is 4.79 Å². The molecule has 2 aromatic rings. The van der Waals surface area contributed by atoms with E-state index in [-0.39, 0.29) is 11.4 Å². The summed E-state index contributed by atoms with van der Waals surface area (Å²) in [7, 11) is 0. The zero-order chi connectivity index (χ0) is 13.8. The number of anilines is 2. The largest absolute Gasteiger partial charge is 0.318 e. The molecule has 19 heavy (non-hydrogen) atoms. The van der Waals surface area contributed by atoms with Crippen LogP contribution in [0.15, 0.2) is 40.9 Å². The first-order valence-corrected chi connectivity index (χ1v) is 6.09. The number of nitrogens with zero attached hydrogens (tertiary/aromatic N) is 1. The number of benzene rings is 1. The average Bonchev–Trinajstić information content (AvgIpc) is 2.42. The summed E-state index contributed by atoms with van der Waals surface area (Å²) in [6.45, 7) is 0. The number of nitrogen functional groups attached to an aromatic ring is 1. The average molecular weight is 325 g/mol. The fourth-order valence-corrected chi connectivity index (χ4v) is 1.75. The number of halogens is 2. The molecule has 98 valence electrons. The Labute approximate surface area is 117 Å². The number of carbonyl (C=O) groups is 1. The minimum atomic E-state index is -0.532. The summed E-state index contributed by atoms with van der Waals surface area (Å²) < 4.78 is 14.2. The van der Waals surface area contributed by atoms with Crippen LogP contribution in [0.4, 0.5) is 15.9 Å². The van der Waals surface area contributed by atoms with Crippen molar-refractivity contribution in [2.75, 3.05) is 10.7 Å². The Kier molecular flexibility index (Phi) is 4.08. The number of nitrogens with one attached hydrogen (secondary N) is 2. The van der Waals surface area contributed by atoms with Crippen LogP contribution in [0.25, 0.3) is 0 Å². The van der Waals surface area contributed by atoms with E-state index in [2.05, 4.69) is 31.7 Å². The molecular formula is C12H10BrFN4O. The van der Waals surface area contributed by atoms with Gasteiger partial charge in [-0.05, 0) is 30.3 Å². The molecule has 1 amide bonds. The van der Waals surface area contributed by atoms with Gasteiger partial charge in [-0.1, -0.05) is 22.0 Å². The number of nitrogens with two attached hydrogens (primary N) is 1. The van der Waals surface area contributed by atoms with Crippen LogP contribution in [-0.4, -0.2) is 10.9 Å². The summed E-state index contributed by atoms with van der Waals surface area (Å²) in [5, 5.41) is 2.44. The predicted molar refractivity (Wildman–Crippen MR) is 74.1 cm³/mol. The van der Waals surface area contributed by atoms with Crippen LogP contribution in [0.2, 0.25) is 0 Å². The van der Waals surface area contributed by atoms with Crippen molar-refractivity contribution in [3.63, 3.8) is 0 Å². The summed E-state index contributed by atoms with van der Waals surface area (Å²) in [6, 6.07) is 9.09. The van der Waals surface area contributed by atoms with Crippen molar-refractivity contribution in [1.29, 1.82) is 0 Å². The van der Waals surface area contributed by atoms with E-state index in [9.17, 15) is 9.18 Å². The van der Waals surface area contributed by atoms with E-state index < -0.39 is 11.7 Å². The number of aromatic nitrogens is 1. The molecule has 0 saturated heterocycles. The van der Waals surface area contributed by atoms with E-state index in [0.717, 1.165) is 0 Å². The summed E-state index contributed by atoms with van der Waals surface area (Å²) in [6.07, 6.45) is 0. The molecule has 1 aromatic carbocycles. The molecule has 0 radical (unpaired) electrons. The van der Waals surface area contributed by atoms with Crippen molar-refractivity contribution in [2.45, 2.75) is 0 Å². The topological polar surface area (TPSA) is 80.0 Å². The zero-order valence-corrected chi connectivity index (χ0v) is 11.2. The highest BCUT2D eigenvalue weighted by atomic mass is 79.9. The summed E-state index contributed by atoms with van der Waals surface area (Å²) in [4.78, 5) is 15.9. The van der Waals surface area contributed by atoms with Crippen molar-refractivity contribution in [3.05, 3.63) is 52.4 Å². The van der Waals surface area contributed by atoms with Crippen molar-refractivity contribution in [1.82, 2.24) is 4.98 Å². The second-order valence-corrected chi connectivity index (χ2v) is 4.55. The van der Waals surface area contributed by atoms with Crippen LogP contribution in [-0.2, 0) is 0 Å². The Hall–Kier alpha value is -1.99. The molecule has 4 N–H and O–H groups in total. The number of hydrazine groups is 1. The fraction of sp³-hybridized carbons (Fsp3) is 0. The maximum absolute atomic E-state index is 13.6. The molecule has 0 spiro atoms. The van der Waals surface area contributed by atoms with Gasteiger partial charge in [-0.25, -0.2) is 15.2 Å². The first-order chi connectivity index (χ1) is 9.10. The lowest BCUT2D eigenvalue weighted by molar-refractivity contribution is 0.102. The van der Waals surface area contributed by atoms with Gasteiger partial charge >= 0.3 is 0 Å². The Morgan fingerprint density at radius 3 is 2.79 bits per heavy atom. The van der Waals surface area contributed by atoms with E-state index in [1.54, 1.807) is 18.2 Å². The highest BCUT2D eigenvalue weighted by Crippen LogP contribution is 2.19. The lowest BCUT2D eigenvalue weighted by Gasteiger charge is -2.07. The van der Waals surface area contributed by atoms with Crippen molar-refractivity contribution in [3.8, 4) is 0 Å². The molecule has 2 rings (SSSR count). The van der Waals surface area contributed by atoms with Crippen LogP contribution in [0, 0.1) is 5.82 Å². The standard InChI is InChI=1S/C12H10BrFN4O/c13-7-4-5-9(8(14)6-7)17-12(19)10-2-1-3-11(16-10)18-15/h1-6H,15H2,(H,16,18)(H,17,19). The van der Waals surface area contributed by atoms with Gasteiger partial charge in [-0.2, -0.15) is 0 Å². The molecule has 0 fully saturated rings. The lowest BCUT2D eigenvalue weighted by Crippen LogP contribution is -2.16. The second kappa shape index (κ2) is 5.77. The number of carbonyl (C=O) groups excluding carboxylic acids is 1. The normalized spacial score (nSPS) is 10.1. The monoisotopic (exact) mass is 324 g/mol. The van der Waals surface area contributed by atoms with Crippen molar-refractivity contribution < 1.29 is 9.18 Å². The summed E-state index contributed by atoms with van der Waals surface area (Å²) in [5.41, 5.74) is 2.55. The molecule has 1 aromatic heterocycles. The second-order valence-electron chi connectivity index (χ2n) is 3.63. The Bertz CT molecular complexity index is 620. The summed E-state index contributed by atoms with van der Waals surface area (Å²) >= 11 is 3.14. The fourth-order valence-electron chi connectivity index (χ4n) is 1.42. The smallest absolute Gasteiger partial charge is 0.274 e.